The molecule has 2 aromatic rings. The molecule has 0 saturated heterocycles. The summed E-state index contributed by atoms with van der Waals surface area (Å²) in [4.78, 5) is 1.18. The normalized spacial score (nSPS) is 12.2. The highest BCUT2D eigenvalue weighted by Crippen LogP contribution is 2.36. The van der Waals surface area contributed by atoms with E-state index in [9.17, 15) is 0 Å². The number of ether oxygens (including phenoxy) is 2. The van der Waals surface area contributed by atoms with Gasteiger partial charge >= 0.3 is 0 Å². The molecule has 1 heterocycles. The second-order valence-electron chi connectivity index (χ2n) is 4.66. The molecule has 0 aliphatic heterocycles. The van der Waals surface area contributed by atoms with Crippen molar-refractivity contribution in [2.75, 3.05) is 20.8 Å². The molecule has 0 aliphatic rings. The minimum absolute atomic E-state index is 0.0486. The van der Waals surface area contributed by atoms with Crippen LogP contribution < -0.4 is 14.8 Å². The van der Waals surface area contributed by atoms with E-state index in [1.807, 2.05) is 23.6 Å². The Labute approximate surface area is 134 Å². The molecule has 3 nitrogen and oxygen atoms in total. The molecule has 0 radical (unpaired) electrons. The maximum atomic E-state index is 6.17. The van der Waals surface area contributed by atoms with E-state index in [0.29, 0.717) is 5.02 Å². The molecule has 0 bridgehead atoms. The Morgan fingerprint density at radius 2 is 2.05 bits per heavy atom. The fourth-order valence-corrected chi connectivity index (χ4v) is 3.30. The first kappa shape index (κ1) is 16.1. The second-order valence-corrected chi connectivity index (χ2v) is 6.04. The molecular weight excluding hydrogens is 306 g/mol. The van der Waals surface area contributed by atoms with Gasteiger partial charge in [-0.15, -0.1) is 11.3 Å². The Bertz CT molecular complexity index is 585. The predicted octanol–water partition coefficient (Wildman–Crippen LogP) is 4.51. The van der Waals surface area contributed by atoms with Crippen LogP contribution in [-0.2, 0) is 0 Å². The number of thiophene rings is 1. The fraction of sp³-hybridized carbons (Fsp3) is 0.375. The summed E-state index contributed by atoms with van der Waals surface area (Å²) in [6.45, 7) is 3.06. The van der Waals surface area contributed by atoms with Crippen LogP contribution in [0.1, 0.15) is 29.8 Å². The fourth-order valence-electron chi connectivity index (χ4n) is 2.18. The van der Waals surface area contributed by atoms with Crippen LogP contribution in [0.25, 0.3) is 0 Å². The number of nitrogens with one attached hydrogen (secondary N) is 1. The summed E-state index contributed by atoms with van der Waals surface area (Å²) in [6.07, 6.45) is 1.06. The minimum Gasteiger partial charge on any atom is -0.496 e. The van der Waals surface area contributed by atoms with Crippen molar-refractivity contribution >= 4 is 22.9 Å². The van der Waals surface area contributed by atoms with E-state index in [0.717, 1.165) is 30.0 Å². The highest BCUT2D eigenvalue weighted by Gasteiger charge is 2.20. The Morgan fingerprint density at radius 3 is 2.67 bits per heavy atom. The smallest absolute Gasteiger partial charge is 0.129 e. The minimum atomic E-state index is 0.0486. The lowest BCUT2D eigenvalue weighted by molar-refractivity contribution is 0.403. The summed E-state index contributed by atoms with van der Waals surface area (Å²) in [5, 5.41) is 6.27. The van der Waals surface area contributed by atoms with Gasteiger partial charge in [0.05, 0.1) is 20.3 Å². The van der Waals surface area contributed by atoms with E-state index < -0.39 is 0 Å². The van der Waals surface area contributed by atoms with Crippen LogP contribution in [0.3, 0.4) is 0 Å². The summed E-state index contributed by atoms with van der Waals surface area (Å²) < 4.78 is 10.8. The van der Waals surface area contributed by atoms with E-state index in [4.69, 9.17) is 21.1 Å². The van der Waals surface area contributed by atoms with E-state index in [1.54, 1.807) is 25.6 Å². The summed E-state index contributed by atoms with van der Waals surface area (Å²) >= 11 is 7.83. The maximum absolute atomic E-state index is 6.17. The van der Waals surface area contributed by atoms with Crippen molar-refractivity contribution in [3.8, 4) is 11.5 Å². The van der Waals surface area contributed by atoms with E-state index in [-0.39, 0.29) is 6.04 Å². The Hall–Kier alpha value is -1.23. The average molecular weight is 326 g/mol. The number of hydrogen-bond donors (Lipinski definition) is 1. The van der Waals surface area contributed by atoms with Gasteiger partial charge in [-0.3, -0.25) is 0 Å². The first-order chi connectivity index (χ1) is 10.2. The van der Waals surface area contributed by atoms with Gasteiger partial charge in [0.25, 0.3) is 0 Å². The van der Waals surface area contributed by atoms with Gasteiger partial charge in [0.2, 0.25) is 0 Å². The van der Waals surface area contributed by atoms with Gasteiger partial charge in [0, 0.05) is 20.8 Å². The molecule has 0 spiro atoms. The Balaban J connectivity index is 2.41. The Kier molecular flexibility index (Phi) is 5.91. The van der Waals surface area contributed by atoms with Gasteiger partial charge < -0.3 is 14.8 Å². The quantitative estimate of drug-likeness (QED) is 0.812. The standard InChI is InChI=1S/C16H20ClNO2S/c1-4-7-18-16(15-9-12(19-2)10-21-15)13-8-11(17)5-6-14(13)20-3/h5-6,8-10,16,18H,4,7H2,1-3H3. The summed E-state index contributed by atoms with van der Waals surface area (Å²) in [5.74, 6) is 1.71. The summed E-state index contributed by atoms with van der Waals surface area (Å²) in [7, 11) is 3.36. The van der Waals surface area contributed by atoms with Crippen LogP contribution in [0.5, 0.6) is 11.5 Å². The maximum Gasteiger partial charge on any atom is 0.129 e. The van der Waals surface area contributed by atoms with Gasteiger partial charge in [-0.2, -0.15) is 0 Å². The molecule has 1 aromatic carbocycles. The summed E-state index contributed by atoms with van der Waals surface area (Å²) in [5.41, 5.74) is 1.04. The first-order valence-corrected chi connectivity index (χ1v) is 8.14. The third-order valence-corrected chi connectivity index (χ3v) is 4.43. The highest BCUT2D eigenvalue weighted by atomic mass is 35.5. The van der Waals surface area contributed by atoms with Gasteiger partial charge in [-0.1, -0.05) is 18.5 Å². The lowest BCUT2D eigenvalue weighted by Gasteiger charge is -2.20. The highest BCUT2D eigenvalue weighted by molar-refractivity contribution is 7.10. The van der Waals surface area contributed by atoms with Crippen LogP contribution in [0.4, 0.5) is 0 Å². The van der Waals surface area contributed by atoms with Crippen LogP contribution in [0.2, 0.25) is 5.02 Å². The average Bonchev–Trinajstić information content (AvgIpc) is 2.97. The number of methoxy groups -OCH3 is 2. The van der Waals surface area contributed by atoms with Gasteiger partial charge in [-0.05, 0) is 37.2 Å². The third-order valence-electron chi connectivity index (χ3n) is 3.22. The van der Waals surface area contributed by atoms with Crippen molar-refractivity contribution in [2.24, 2.45) is 0 Å². The largest absolute Gasteiger partial charge is 0.496 e. The molecule has 1 atom stereocenters. The molecule has 2 rings (SSSR count). The molecular formula is C16H20ClNO2S. The molecule has 5 heteroatoms. The molecule has 114 valence electrons. The third kappa shape index (κ3) is 3.90. The van der Waals surface area contributed by atoms with Gasteiger partial charge in [0.1, 0.15) is 11.5 Å². The van der Waals surface area contributed by atoms with Crippen LogP contribution in [0.15, 0.2) is 29.6 Å². The monoisotopic (exact) mass is 325 g/mol. The molecule has 1 unspecified atom stereocenters. The topological polar surface area (TPSA) is 30.5 Å². The van der Waals surface area contributed by atoms with E-state index in [2.05, 4.69) is 18.3 Å². The van der Waals surface area contributed by atoms with Crippen molar-refractivity contribution in [3.63, 3.8) is 0 Å². The SMILES string of the molecule is CCCNC(c1cc(OC)cs1)c1cc(Cl)ccc1OC. The van der Waals surface area contributed by atoms with Gasteiger partial charge in [0.15, 0.2) is 0 Å². The molecule has 1 aromatic heterocycles. The molecule has 1 N–H and O–H groups in total. The van der Waals surface area contributed by atoms with E-state index in [1.165, 1.54) is 4.88 Å². The van der Waals surface area contributed by atoms with Crippen LogP contribution in [0, 0.1) is 0 Å². The van der Waals surface area contributed by atoms with Crippen molar-refractivity contribution in [1.82, 2.24) is 5.32 Å². The van der Waals surface area contributed by atoms with Gasteiger partial charge in [-0.25, -0.2) is 0 Å². The van der Waals surface area contributed by atoms with Crippen molar-refractivity contribution < 1.29 is 9.47 Å². The lowest BCUT2D eigenvalue weighted by Crippen LogP contribution is -2.23. The number of halogens is 1. The second kappa shape index (κ2) is 7.69. The zero-order valence-electron chi connectivity index (χ0n) is 12.5. The van der Waals surface area contributed by atoms with E-state index >= 15 is 0 Å². The lowest BCUT2D eigenvalue weighted by atomic mass is 10.0. The molecule has 21 heavy (non-hydrogen) atoms. The Morgan fingerprint density at radius 1 is 1.24 bits per heavy atom. The predicted molar refractivity (Wildman–Crippen MR) is 89.0 cm³/mol. The zero-order chi connectivity index (χ0) is 15.2. The number of hydrogen-bond acceptors (Lipinski definition) is 4. The van der Waals surface area contributed by atoms with Crippen LogP contribution in [-0.4, -0.2) is 20.8 Å². The molecule has 0 amide bonds. The zero-order valence-corrected chi connectivity index (χ0v) is 14.1. The number of rotatable bonds is 7. The summed E-state index contributed by atoms with van der Waals surface area (Å²) in [6, 6.07) is 7.81. The van der Waals surface area contributed by atoms with Crippen molar-refractivity contribution in [2.45, 2.75) is 19.4 Å². The molecule has 0 aliphatic carbocycles. The van der Waals surface area contributed by atoms with Crippen molar-refractivity contribution in [1.29, 1.82) is 0 Å². The van der Waals surface area contributed by atoms with Crippen molar-refractivity contribution in [3.05, 3.63) is 45.1 Å². The number of benzene rings is 1. The molecule has 0 saturated carbocycles. The van der Waals surface area contributed by atoms with Crippen LogP contribution >= 0.6 is 22.9 Å². The molecule has 0 fully saturated rings. The first-order valence-electron chi connectivity index (χ1n) is 6.88.